The minimum Gasteiger partial charge on any atom is -0.357 e. The molecule has 0 fully saturated rings. The zero-order valence-corrected chi connectivity index (χ0v) is 17.4. The third kappa shape index (κ3) is 8.76. The van der Waals surface area contributed by atoms with Gasteiger partial charge in [0.2, 0.25) is 5.91 Å². The largest absolute Gasteiger partial charge is 0.357 e. The summed E-state index contributed by atoms with van der Waals surface area (Å²) in [6, 6.07) is 0. The van der Waals surface area contributed by atoms with Crippen LogP contribution in [0.2, 0.25) is 0 Å². The summed E-state index contributed by atoms with van der Waals surface area (Å²) >= 11 is 0. The Labute approximate surface area is 151 Å². The van der Waals surface area contributed by atoms with E-state index in [4.69, 9.17) is 0 Å². The molecular weight excluding hydrogens is 419 g/mol. The lowest BCUT2D eigenvalue weighted by atomic mass is 10.3. The molecule has 0 bridgehead atoms. The maximum atomic E-state index is 12.0. The maximum Gasteiger partial charge on any atom is 0.243 e. The van der Waals surface area contributed by atoms with Crippen LogP contribution in [-0.4, -0.2) is 69.4 Å². The van der Waals surface area contributed by atoms with Crippen molar-refractivity contribution < 1.29 is 13.2 Å². The molecule has 0 saturated carbocycles. The summed E-state index contributed by atoms with van der Waals surface area (Å²) in [6.07, 6.45) is 0. The molecule has 0 spiro atoms. The van der Waals surface area contributed by atoms with E-state index in [2.05, 4.69) is 15.6 Å². The molecule has 0 aromatic heterocycles. The third-order valence-corrected chi connectivity index (χ3v) is 5.42. The standard InChI is InChI=1S/C13H28N4O3S.HI/c1-7-14-12(16-10-11(18)17(5)6)15-8-9-21(19,20)13(2,3)4;/h7-10H2,1-6H3,(H2,14,15,16);1H. The first kappa shape index (κ1) is 23.7. The molecule has 0 heterocycles. The van der Waals surface area contributed by atoms with Crippen molar-refractivity contribution in [2.24, 2.45) is 4.99 Å². The first-order valence-corrected chi connectivity index (χ1v) is 8.61. The van der Waals surface area contributed by atoms with Crippen molar-refractivity contribution >= 4 is 45.7 Å². The summed E-state index contributed by atoms with van der Waals surface area (Å²) < 4.78 is 23.2. The summed E-state index contributed by atoms with van der Waals surface area (Å²) in [5, 5.41) is 5.91. The predicted molar refractivity (Wildman–Crippen MR) is 102 cm³/mol. The van der Waals surface area contributed by atoms with Gasteiger partial charge in [-0.1, -0.05) is 0 Å². The van der Waals surface area contributed by atoms with E-state index >= 15 is 0 Å². The second kappa shape index (κ2) is 10.2. The molecule has 0 aliphatic rings. The quantitative estimate of drug-likeness (QED) is 0.350. The van der Waals surface area contributed by atoms with Gasteiger partial charge in [-0.2, -0.15) is 0 Å². The van der Waals surface area contributed by atoms with Crippen LogP contribution in [0.1, 0.15) is 27.7 Å². The average molecular weight is 448 g/mol. The Morgan fingerprint density at radius 2 is 1.73 bits per heavy atom. The molecular formula is C13H29IN4O3S. The number of guanidine groups is 1. The summed E-state index contributed by atoms with van der Waals surface area (Å²) in [4.78, 5) is 17.1. The molecule has 0 saturated heterocycles. The van der Waals surface area contributed by atoms with Crippen LogP contribution in [0.3, 0.4) is 0 Å². The van der Waals surface area contributed by atoms with Crippen LogP contribution in [0.4, 0.5) is 0 Å². The van der Waals surface area contributed by atoms with E-state index in [1.54, 1.807) is 34.9 Å². The van der Waals surface area contributed by atoms with Gasteiger partial charge in [0.25, 0.3) is 0 Å². The number of carbonyl (C=O) groups is 1. The predicted octanol–water partition coefficient (Wildman–Crippen LogP) is 0.461. The fraction of sp³-hybridized carbons (Fsp3) is 0.846. The number of hydrogen-bond acceptors (Lipinski definition) is 4. The van der Waals surface area contributed by atoms with E-state index in [0.29, 0.717) is 12.5 Å². The second-order valence-electron chi connectivity index (χ2n) is 5.84. The van der Waals surface area contributed by atoms with Gasteiger partial charge in [-0.15, -0.1) is 24.0 Å². The lowest BCUT2D eigenvalue weighted by Gasteiger charge is -2.19. The minimum absolute atomic E-state index is 0. The first-order valence-electron chi connectivity index (χ1n) is 6.96. The minimum atomic E-state index is -3.17. The van der Waals surface area contributed by atoms with Crippen LogP contribution < -0.4 is 10.6 Å². The summed E-state index contributed by atoms with van der Waals surface area (Å²) in [5.41, 5.74) is 0. The highest BCUT2D eigenvalue weighted by Gasteiger charge is 2.28. The molecule has 132 valence electrons. The van der Waals surface area contributed by atoms with Crippen molar-refractivity contribution in [2.45, 2.75) is 32.4 Å². The van der Waals surface area contributed by atoms with Crippen molar-refractivity contribution in [2.75, 3.05) is 39.5 Å². The van der Waals surface area contributed by atoms with Crippen LogP contribution in [-0.2, 0) is 14.6 Å². The Bertz CT molecular complexity index is 470. The Morgan fingerprint density at radius 3 is 2.14 bits per heavy atom. The normalized spacial score (nSPS) is 12.4. The lowest BCUT2D eigenvalue weighted by Crippen LogP contribution is -2.42. The number of likely N-dealkylation sites (N-methyl/N-ethyl adjacent to an activating group) is 1. The molecule has 7 nitrogen and oxygen atoms in total. The second-order valence-corrected chi connectivity index (χ2v) is 8.70. The Hall–Kier alpha value is -0.580. The summed E-state index contributed by atoms with van der Waals surface area (Å²) in [6.45, 7) is 7.84. The van der Waals surface area contributed by atoms with Crippen molar-refractivity contribution in [3.05, 3.63) is 0 Å². The molecule has 0 radical (unpaired) electrons. The Balaban J connectivity index is 0. The van der Waals surface area contributed by atoms with Crippen molar-refractivity contribution in [1.82, 2.24) is 15.5 Å². The molecule has 0 aromatic carbocycles. The number of rotatable bonds is 6. The molecule has 1 amide bonds. The molecule has 2 N–H and O–H groups in total. The highest BCUT2D eigenvalue weighted by Crippen LogP contribution is 2.15. The summed E-state index contributed by atoms with van der Waals surface area (Å²) in [7, 11) is 0.148. The highest BCUT2D eigenvalue weighted by molar-refractivity contribution is 14.0. The van der Waals surface area contributed by atoms with E-state index in [1.165, 1.54) is 4.90 Å². The van der Waals surface area contributed by atoms with E-state index in [9.17, 15) is 13.2 Å². The van der Waals surface area contributed by atoms with Gasteiger partial charge in [-0.25, -0.2) is 13.4 Å². The molecule has 0 aliphatic carbocycles. The molecule has 0 unspecified atom stereocenters. The van der Waals surface area contributed by atoms with Gasteiger partial charge in [0, 0.05) is 27.2 Å². The Kier molecular flexibility index (Phi) is 11.0. The molecule has 0 rings (SSSR count). The first-order chi connectivity index (χ1) is 9.51. The van der Waals surface area contributed by atoms with Crippen molar-refractivity contribution in [1.29, 1.82) is 0 Å². The van der Waals surface area contributed by atoms with Crippen LogP contribution in [0.15, 0.2) is 4.99 Å². The topological polar surface area (TPSA) is 90.9 Å². The summed E-state index contributed by atoms with van der Waals surface area (Å²) in [5.74, 6) is 0.342. The number of halogens is 1. The van der Waals surface area contributed by atoms with Gasteiger partial charge < -0.3 is 15.5 Å². The highest BCUT2D eigenvalue weighted by atomic mass is 127. The van der Waals surface area contributed by atoms with Crippen LogP contribution in [0.25, 0.3) is 0 Å². The van der Waals surface area contributed by atoms with Crippen LogP contribution >= 0.6 is 24.0 Å². The number of hydrogen-bond donors (Lipinski definition) is 2. The molecule has 0 aliphatic heterocycles. The number of nitrogens with one attached hydrogen (secondary N) is 2. The van der Waals surface area contributed by atoms with Crippen molar-refractivity contribution in [3.63, 3.8) is 0 Å². The zero-order chi connectivity index (χ0) is 16.7. The zero-order valence-electron chi connectivity index (χ0n) is 14.3. The van der Waals surface area contributed by atoms with Gasteiger partial charge in [-0.05, 0) is 27.7 Å². The van der Waals surface area contributed by atoms with E-state index < -0.39 is 14.6 Å². The lowest BCUT2D eigenvalue weighted by molar-refractivity contribution is -0.127. The molecule has 0 atom stereocenters. The van der Waals surface area contributed by atoms with Gasteiger partial charge in [0.15, 0.2) is 15.8 Å². The van der Waals surface area contributed by atoms with Crippen LogP contribution in [0, 0.1) is 0 Å². The van der Waals surface area contributed by atoms with E-state index in [0.717, 1.165) is 0 Å². The molecule has 0 aromatic rings. The van der Waals surface area contributed by atoms with Gasteiger partial charge >= 0.3 is 0 Å². The number of sulfone groups is 1. The fourth-order valence-corrected chi connectivity index (χ4v) is 2.22. The molecule has 22 heavy (non-hydrogen) atoms. The van der Waals surface area contributed by atoms with Crippen molar-refractivity contribution in [3.8, 4) is 0 Å². The number of aliphatic imine (C=N–C) groups is 1. The molecule has 9 heteroatoms. The van der Waals surface area contributed by atoms with Gasteiger partial charge in [0.1, 0.15) is 6.54 Å². The van der Waals surface area contributed by atoms with Gasteiger partial charge in [-0.3, -0.25) is 4.79 Å². The monoisotopic (exact) mass is 448 g/mol. The third-order valence-electron chi connectivity index (χ3n) is 2.81. The Morgan fingerprint density at radius 1 is 1.18 bits per heavy atom. The van der Waals surface area contributed by atoms with Crippen LogP contribution in [0.5, 0.6) is 0 Å². The number of nitrogens with zero attached hydrogens (tertiary/aromatic N) is 2. The number of carbonyl (C=O) groups excluding carboxylic acids is 1. The van der Waals surface area contributed by atoms with Gasteiger partial charge in [0.05, 0.1) is 10.5 Å². The maximum absolute atomic E-state index is 12.0. The SMILES string of the molecule is CCNC(=NCC(=O)N(C)C)NCCS(=O)(=O)C(C)(C)C.I. The van der Waals surface area contributed by atoms with E-state index in [1.807, 2.05) is 6.92 Å². The fourth-order valence-electron chi connectivity index (χ4n) is 1.24. The average Bonchev–Trinajstić information content (AvgIpc) is 2.33. The smallest absolute Gasteiger partial charge is 0.243 e. The van der Waals surface area contributed by atoms with E-state index in [-0.39, 0.29) is 48.7 Å². The number of amides is 1.